The van der Waals surface area contributed by atoms with E-state index in [1.165, 1.54) is 0 Å². The van der Waals surface area contributed by atoms with E-state index in [9.17, 15) is 8.42 Å². The highest BCUT2D eigenvalue weighted by molar-refractivity contribution is 7.86. The van der Waals surface area contributed by atoms with E-state index in [-0.39, 0.29) is 6.10 Å². The predicted octanol–water partition coefficient (Wildman–Crippen LogP) is 0.984. The average molecular weight is 285 g/mol. The topological polar surface area (TPSA) is 72.4 Å². The SMILES string of the molecule is CCc1cnc(N2CCC(OS(C)(=O)=O)CC2)nc1. The first kappa shape index (κ1) is 14.2. The summed E-state index contributed by atoms with van der Waals surface area (Å²) in [5.74, 6) is 0.704. The molecule has 1 aliphatic rings. The van der Waals surface area contributed by atoms with Gasteiger partial charge in [0.15, 0.2) is 0 Å². The van der Waals surface area contributed by atoms with Crippen molar-refractivity contribution in [2.45, 2.75) is 32.3 Å². The molecule has 1 aliphatic heterocycles. The van der Waals surface area contributed by atoms with E-state index in [1.807, 2.05) is 12.4 Å². The number of hydrogen-bond acceptors (Lipinski definition) is 6. The number of aryl methyl sites for hydroxylation is 1. The summed E-state index contributed by atoms with van der Waals surface area (Å²) in [6, 6.07) is 0. The van der Waals surface area contributed by atoms with Crippen molar-refractivity contribution in [3.63, 3.8) is 0 Å². The van der Waals surface area contributed by atoms with E-state index in [1.54, 1.807) is 0 Å². The Bertz CT molecular complexity index is 508. The second-order valence-corrected chi connectivity index (χ2v) is 6.33. The van der Waals surface area contributed by atoms with Gasteiger partial charge in [0, 0.05) is 25.5 Å². The van der Waals surface area contributed by atoms with Crippen LogP contribution in [0.1, 0.15) is 25.3 Å². The number of anilines is 1. The van der Waals surface area contributed by atoms with Crippen molar-refractivity contribution in [3.8, 4) is 0 Å². The molecule has 0 aliphatic carbocycles. The van der Waals surface area contributed by atoms with Crippen molar-refractivity contribution in [2.75, 3.05) is 24.2 Å². The highest BCUT2D eigenvalue weighted by atomic mass is 32.2. The summed E-state index contributed by atoms with van der Waals surface area (Å²) < 4.78 is 27.1. The Morgan fingerprint density at radius 1 is 1.32 bits per heavy atom. The molecular weight excluding hydrogens is 266 g/mol. The van der Waals surface area contributed by atoms with Gasteiger partial charge in [-0.2, -0.15) is 8.42 Å². The lowest BCUT2D eigenvalue weighted by Gasteiger charge is -2.31. The van der Waals surface area contributed by atoms with Crippen molar-refractivity contribution in [1.82, 2.24) is 9.97 Å². The van der Waals surface area contributed by atoms with Crippen molar-refractivity contribution in [3.05, 3.63) is 18.0 Å². The Balaban J connectivity index is 1.92. The van der Waals surface area contributed by atoms with E-state index >= 15 is 0 Å². The standard InChI is InChI=1S/C12H19N3O3S/c1-3-10-8-13-12(14-9-10)15-6-4-11(5-7-15)18-19(2,16)17/h8-9,11H,3-7H2,1-2H3. The lowest BCUT2D eigenvalue weighted by Crippen LogP contribution is -2.38. The van der Waals surface area contributed by atoms with Gasteiger partial charge in [0.2, 0.25) is 5.95 Å². The highest BCUT2D eigenvalue weighted by Crippen LogP contribution is 2.19. The largest absolute Gasteiger partial charge is 0.341 e. The van der Waals surface area contributed by atoms with Gasteiger partial charge in [-0.15, -0.1) is 0 Å². The number of hydrogen-bond donors (Lipinski definition) is 0. The summed E-state index contributed by atoms with van der Waals surface area (Å²) in [4.78, 5) is 10.7. The van der Waals surface area contributed by atoms with Gasteiger partial charge < -0.3 is 4.90 Å². The Morgan fingerprint density at radius 2 is 1.89 bits per heavy atom. The molecular formula is C12H19N3O3S. The zero-order valence-electron chi connectivity index (χ0n) is 11.2. The van der Waals surface area contributed by atoms with Gasteiger partial charge in [0.1, 0.15) is 0 Å². The molecule has 1 saturated heterocycles. The molecule has 1 aromatic heterocycles. The van der Waals surface area contributed by atoms with Crippen molar-refractivity contribution < 1.29 is 12.6 Å². The van der Waals surface area contributed by atoms with E-state index in [2.05, 4.69) is 21.8 Å². The molecule has 0 aromatic carbocycles. The van der Waals surface area contributed by atoms with Crippen LogP contribution < -0.4 is 4.90 Å². The first-order valence-corrected chi connectivity index (χ1v) is 8.23. The van der Waals surface area contributed by atoms with Gasteiger partial charge in [-0.3, -0.25) is 4.18 Å². The van der Waals surface area contributed by atoms with Crippen LogP contribution in [0.25, 0.3) is 0 Å². The monoisotopic (exact) mass is 285 g/mol. The van der Waals surface area contributed by atoms with Crippen LogP contribution in [0.4, 0.5) is 5.95 Å². The third kappa shape index (κ3) is 4.14. The van der Waals surface area contributed by atoms with Gasteiger partial charge >= 0.3 is 0 Å². The summed E-state index contributed by atoms with van der Waals surface area (Å²) in [6.45, 7) is 3.49. The maximum Gasteiger partial charge on any atom is 0.264 e. The molecule has 0 amide bonds. The van der Waals surface area contributed by atoms with Gasteiger partial charge in [-0.05, 0) is 24.8 Å². The first-order chi connectivity index (χ1) is 8.98. The van der Waals surface area contributed by atoms with Crippen LogP contribution >= 0.6 is 0 Å². The highest BCUT2D eigenvalue weighted by Gasteiger charge is 2.24. The molecule has 0 bridgehead atoms. The summed E-state index contributed by atoms with van der Waals surface area (Å²) in [6.07, 6.45) is 6.80. The lowest BCUT2D eigenvalue weighted by atomic mass is 10.1. The molecule has 0 radical (unpaired) electrons. The Labute approximate surface area is 113 Å². The Morgan fingerprint density at radius 3 is 2.37 bits per heavy atom. The number of aromatic nitrogens is 2. The van der Waals surface area contributed by atoms with E-state index in [4.69, 9.17) is 4.18 Å². The number of nitrogens with zero attached hydrogens (tertiary/aromatic N) is 3. The molecule has 1 fully saturated rings. The zero-order chi connectivity index (χ0) is 13.9. The fourth-order valence-corrected chi connectivity index (χ4v) is 2.78. The van der Waals surface area contributed by atoms with E-state index in [0.29, 0.717) is 31.9 Å². The molecule has 19 heavy (non-hydrogen) atoms. The summed E-state index contributed by atoms with van der Waals surface area (Å²) in [7, 11) is -3.36. The van der Waals surface area contributed by atoms with E-state index in [0.717, 1.165) is 18.2 Å². The fraction of sp³-hybridized carbons (Fsp3) is 0.667. The van der Waals surface area contributed by atoms with Crippen LogP contribution in [-0.4, -0.2) is 43.8 Å². The number of piperidine rings is 1. The van der Waals surface area contributed by atoms with Crippen LogP contribution in [0.3, 0.4) is 0 Å². The second-order valence-electron chi connectivity index (χ2n) is 4.73. The quantitative estimate of drug-likeness (QED) is 0.768. The fourth-order valence-electron chi connectivity index (χ4n) is 2.09. The molecule has 2 heterocycles. The molecule has 0 saturated carbocycles. The molecule has 0 atom stereocenters. The molecule has 106 valence electrons. The zero-order valence-corrected chi connectivity index (χ0v) is 12.1. The molecule has 0 unspecified atom stereocenters. The van der Waals surface area contributed by atoms with Crippen LogP contribution in [-0.2, 0) is 20.7 Å². The van der Waals surface area contributed by atoms with Crippen molar-refractivity contribution in [2.24, 2.45) is 0 Å². The minimum absolute atomic E-state index is 0.221. The predicted molar refractivity (Wildman–Crippen MR) is 72.6 cm³/mol. The van der Waals surface area contributed by atoms with Crippen LogP contribution in [0.2, 0.25) is 0 Å². The lowest BCUT2D eigenvalue weighted by molar-refractivity contribution is 0.179. The Kier molecular flexibility index (Phi) is 4.36. The second kappa shape index (κ2) is 5.83. The third-order valence-electron chi connectivity index (χ3n) is 3.14. The average Bonchev–Trinajstić information content (AvgIpc) is 2.38. The molecule has 0 spiro atoms. The van der Waals surface area contributed by atoms with Crippen LogP contribution in [0.5, 0.6) is 0 Å². The van der Waals surface area contributed by atoms with Crippen molar-refractivity contribution >= 4 is 16.1 Å². The summed E-state index contributed by atoms with van der Waals surface area (Å²) in [5, 5.41) is 0. The minimum Gasteiger partial charge on any atom is -0.341 e. The van der Waals surface area contributed by atoms with Gasteiger partial charge in [-0.1, -0.05) is 6.92 Å². The van der Waals surface area contributed by atoms with Gasteiger partial charge in [-0.25, -0.2) is 9.97 Å². The molecule has 6 nitrogen and oxygen atoms in total. The molecule has 1 aromatic rings. The minimum atomic E-state index is -3.36. The smallest absolute Gasteiger partial charge is 0.264 e. The first-order valence-electron chi connectivity index (χ1n) is 6.42. The van der Waals surface area contributed by atoms with Crippen molar-refractivity contribution in [1.29, 1.82) is 0 Å². The van der Waals surface area contributed by atoms with Crippen LogP contribution in [0.15, 0.2) is 12.4 Å². The maximum absolute atomic E-state index is 11.1. The normalized spacial score (nSPS) is 17.7. The van der Waals surface area contributed by atoms with E-state index < -0.39 is 10.1 Å². The molecule has 0 N–H and O–H groups in total. The molecule has 2 rings (SSSR count). The molecule has 7 heteroatoms. The van der Waals surface area contributed by atoms with Gasteiger partial charge in [0.05, 0.1) is 12.4 Å². The Hall–Kier alpha value is -1.21. The van der Waals surface area contributed by atoms with Gasteiger partial charge in [0.25, 0.3) is 10.1 Å². The maximum atomic E-state index is 11.1. The third-order valence-corrected chi connectivity index (χ3v) is 3.76. The summed E-state index contributed by atoms with van der Waals surface area (Å²) >= 11 is 0. The summed E-state index contributed by atoms with van der Waals surface area (Å²) in [5.41, 5.74) is 1.11. The number of rotatable bonds is 4. The van der Waals surface area contributed by atoms with Crippen LogP contribution in [0, 0.1) is 0 Å².